The minimum absolute atomic E-state index is 0.553. The molecule has 1 atom stereocenters. The monoisotopic (exact) mass is 156 g/mol. The van der Waals surface area contributed by atoms with E-state index in [1.807, 2.05) is 0 Å². The first-order chi connectivity index (χ1) is 5.88. The third kappa shape index (κ3) is 1.20. The maximum Gasteiger partial charge on any atom is -0.000139 e. The summed E-state index contributed by atoms with van der Waals surface area (Å²) in [5.74, 6) is 0.553. The Hall–Kier alpha value is -1.30. The summed E-state index contributed by atoms with van der Waals surface area (Å²) < 4.78 is 0. The van der Waals surface area contributed by atoms with E-state index in [4.69, 9.17) is 0 Å². The average Bonchev–Trinajstić information content (AvgIpc) is 2.30. The van der Waals surface area contributed by atoms with E-state index >= 15 is 0 Å². The maximum absolute atomic E-state index is 2.22. The van der Waals surface area contributed by atoms with Crippen LogP contribution in [0.25, 0.3) is 0 Å². The third-order valence-electron chi connectivity index (χ3n) is 2.27. The van der Waals surface area contributed by atoms with E-state index < -0.39 is 0 Å². The summed E-state index contributed by atoms with van der Waals surface area (Å²) in [6, 6.07) is 0. The predicted molar refractivity (Wildman–Crippen MR) is 52.8 cm³/mol. The van der Waals surface area contributed by atoms with Gasteiger partial charge in [0.1, 0.15) is 0 Å². The standard InChI is InChI=1S/C12H12/c1-10-6-5-8-11-7-3-2-4-9-12(10)11/h2-10H,1H3. The normalized spacial score (nSPS) is 25.9. The van der Waals surface area contributed by atoms with E-state index in [9.17, 15) is 0 Å². The Labute approximate surface area is 73.3 Å². The molecule has 0 heterocycles. The number of allylic oxidation sites excluding steroid dienone is 10. The summed E-state index contributed by atoms with van der Waals surface area (Å²) in [5, 5.41) is 0. The smallest absolute Gasteiger partial charge is 0.000139 e. The van der Waals surface area contributed by atoms with Crippen LogP contribution in [0.2, 0.25) is 0 Å². The van der Waals surface area contributed by atoms with Gasteiger partial charge in [0.25, 0.3) is 0 Å². The van der Waals surface area contributed by atoms with Crippen molar-refractivity contribution < 1.29 is 0 Å². The van der Waals surface area contributed by atoms with E-state index in [0.717, 1.165) is 0 Å². The van der Waals surface area contributed by atoms with Crippen molar-refractivity contribution in [1.29, 1.82) is 0 Å². The van der Waals surface area contributed by atoms with Gasteiger partial charge in [-0.05, 0) is 17.1 Å². The number of hydrogen-bond donors (Lipinski definition) is 0. The molecule has 2 aliphatic rings. The summed E-state index contributed by atoms with van der Waals surface area (Å²) in [4.78, 5) is 0. The molecule has 0 aliphatic heterocycles. The van der Waals surface area contributed by atoms with Crippen LogP contribution in [-0.4, -0.2) is 0 Å². The minimum Gasteiger partial charge on any atom is -0.0772 e. The third-order valence-corrected chi connectivity index (χ3v) is 2.27. The van der Waals surface area contributed by atoms with Crippen LogP contribution in [0.3, 0.4) is 0 Å². The van der Waals surface area contributed by atoms with E-state index in [-0.39, 0.29) is 0 Å². The second-order valence-electron chi connectivity index (χ2n) is 3.16. The summed E-state index contributed by atoms with van der Waals surface area (Å²) >= 11 is 0. The molecule has 12 heavy (non-hydrogen) atoms. The zero-order valence-corrected chi connectivity index (χ0v) is 7.20. The van der Waals surface area contributed by atoms with Crippen LogP contribution < -0.4 is 0 Å². The van der Waals surface area contributed by atoms with Crippen molar-refractivity contribution in [3.05, 3.63) is 59.8 Å². The lowest BCUT2D eigenvalue weighted by atomic mass is 9.89. The molecule has 0 N–H and O–H groups in total. The molecule has 0 amide bonds. The summed E-state index contributed by atoms with van der Waals surface area (Å²) in [6.45, 7) is 2.22. The molecule has 0 heteroatoms. The van der Waals surface area contributed by atoms with Gasteiger partial charge in [-0.2, -0.15) is 0 Å². The van der Waals surface area contributed by atoms with Crippen LogP contribution in [0.1, 0.15) is 6.92 Å². The van der Waals surface area contributed by atoms with Gasteiger partial charge in [0, 0.05) is 0 Å². The van der Waals surface area contributed by atoms with Crippen molar-refractivity contribution in [3.8, 4) is 0 Å². The van der Waals surface area contributed by atoms with E-state index in [1.165, 1.54) is 11.1 Å². The van der Waals surface area contributed by atoms with Gasteiger partial charge in [-0.3, -0.25) is 0 Å². The summed E-state index contributed by atoms with van der Waals surface area (Å²) in [7, 11) is 0. The first-order valence-electron chi connectivity index (χ1n) is 4.32. The van der Waals surface area contributed by atoms with Gasteiger partial charge in [0.15, 0.2) is 0 Å². The molecule has 0 saturated heterocycles. The molecule has 0 fully saturated rings. The lowest BCUT2D eigenvalue weighted by molar-refractivity contribution is 0.871. The van der Waals surface area contributed by atoms with Gasteiger partial charge in [-0.15, -0.1) is 0 Å². The summed E-state index contributed by atoms with van der Waals surface area (Å²) in [5.41, 5.74) is 2.76. The SMILES string of the molecule is CC1C=CC=C2C=CC=CC=C21. The van der Waals surface area contributed by atoms with Crippen molar-refractivity contribution >= 4 is 0 Å². The largest absolute Gasteiger partial charge is 0.0772 e. The maximum atomic E-state index is 2.22. The van der Waals surface area contributed by atoms with Crippen molar-refractivity contribution in [2.24, 2.45) is 5.92 Å². The Balaban J connectivity index is 2.46. The predicted octanol–water partition coefficient (Wildman–Crippen LogP) is 3.17. The lowest BCUT2D eigenvalue weighted by Crippen LogP contribution is -2.00. The highest BCUT2D eigenvalue weighted by Gasteiger charge is 2.11. The quantitative estimate of drug-likeness (QED) is 0.505. The first kappa shape index (κ1) is 7.35. The van der Waals surface area contributed by atoms with Gasteiger partial charge < -0.3 is 0 Å². The van der Waals surface area contributed by atoms with E-state index in [0.29, 0.717) is 5.92 Å². The number of fused-ring (bicyclic) bond motifs is 1. The zero-order valence-electron chi connectivity index (χ0n) is 7.20. The van der Waals surface area contributed by atoms with E-state index in [1.54, 1.807) is 0 Å². The van der Waals surface area contributed by atoms with Crippen LogP contribution in [0.15, 0.2) is 59.8 Å². The second-order valence-corrected chi connectivity index (χ2v) is 3.16. The molecule has 0 saturated carbocycles. The number of hydrogen-bond acceptors (Lipinski definition) is 0. The Morgan fingerprint density at radius 3 is 2.83 bits per heavy atom. The molecule has 0 spiro atoms. The van der Waals surface area contributed by atoms with Crippen molar-refractivity contribution in [2.45, 2.75) is 6.92 Å². The molecular formula is C12H12. The molecule has 2 aliphatic carbocycles. The Kier molecular flexibility index (Phi) is 1.83. The Bertz CT molecular complexity index is 322. The fourth-order valence-corrected chi connectivity index (χ4v) is 1.57. The van der Waals surface area contributed by atoms with Gasteiger partial charge >= 0.3 is 0 Å². The van der Waals surface area contributed by atoms with E-state index in [2.05, 4.69) is 55.5 Å². The van der Waals surface area contributed by atoms with Crippen molar-refractivity contribution in [3.63, 3.8) is 0 Å². The molecule has 2 rings (SSSR count). The molecule has 0 aromatic rings. The molecule has 0 nitrogen and oxygen atoms in total. The van der Waals surface area contributed by atoms with Crippen molar-refractivity contribution in [1.82, 2.24) is 0 Å². The van der Waals surface area contributed by atoms with Crippen molar-refractivity contribution in [2.75, 3.05) is 0 Å². The lowest BCUT2D eigenvalue weighted by Gasteiger charge is -2.15. The van der Waals surface area contributed by atoms with Gasteiger partial charge in [-0.25, -0.2) is 0 Å². The first-order valence-corrected chi connectivity index (χ1v) is 4.32. The fourth-order valence-electron chi connectivity index (χ4n) is 1.57. The highest BCUT2D eigenvalue weighted by Crippen LogP contribution is 2.27. The minimum atomic E-state index is 0.553. The van der Waals surface area contributed by atoms with Crippen LogP contribution in [0.4, 0.5) is 0 Å². The molecule has 0 radical (unpaired) electrons. The highest BCUT2D eigenvalue weighted by molar-refractivity contribution is 5.51. The number of rotatable bonds is 0. The average molecular weight is 156 g/mol. The van der Waals surface area contributed by atoms with Crippen LogP contribution >= 0.6 is 0 Å². The molecule has 1 unspecified atom stereocenters. The highest BCUT2D eigenvalue weighted by atomic mass is 14.2. The molecule has 0 aromatic heterocycles. The second kappa shape index (κ2) is 2.98. The Morgan fingerprint density at radius 1 is 1.00 bits per heavy atom. The summed E-state index contributed by atoms with van der Waals surface area (Å²) in [6.07, 6.45) is 17.1. The van der Waals surface area contributed by atoms with Crippen LogP contribution in [0, 0.1) is 5.92 Å². The van der Waals surface area contributed by atoms with Gasteiger partial charge in [-0.1, -0.05) is 55.5 Å². The molecule has 60 valence electrons. The molecular weight excluding hydrogens is 144 g/mol. The topological polar surface area (TPSA) is 0 Å². The molecule has 0 bridgehead atoms. The molecule has 0 aromatic carbocycles. The van der Waals surface area contributed by atoms with Gasteiger partial charge in [0.2, 0.25) is 0 Å². The Morgan fingerprint density at radius 2 is 1.92 bits per heavy atom. The fraction of sp³-hybridized carbons (Fsp3) is 0.167. The zero-order chi connectivity index (χ0) is 8.39. The van der Waals surface area contributed by atoms with Crippen LogP contribution in [0.5, 0.6) is 0 Å². The van der Waals surface area contributed by atoms with Gasteiger partial charge in [0.05, 0.1) is 0 Å². The van der Waals surface area contributed by atoms with Crippen LogP contribution in [-0.2, 0) is 0 Å².